The maximum Gasteiger partial charge on any atom is 0.209 e. The summed E-state index contributed by atoms with van der Waals surface area (Å²) in [7, 11) is 0. The van der Waals surface area contributed by atoms with E-state index in [2.05, 4.69) is 9.88 Å². The quantitative estimate of drug-likeness (QED) is 0.835. The second-order valence-corrected chi connectivity index (χ2v) is 5.56. The maximum atomic E-state index is 9.06. The number of hydrogen-bond acceptors (Lipinski definition) is 5. The molecule has 3 rings (SSSR count). The molecule has 1 saturated heterocycles. The summed E-state index contributed by atoms with van der Waals surface area (Å²) >= 11 is 0. The van der Waals surface area contributed by atoms with Gasteiger partial charge in [0.15, 0.2) is 5.58 Å². The third kappa shape index (κ3) is 2.78. The number of para-hydroxylation sites is 1. The molecule has 0 amide bonds. The molecule has 1 aromatic heterocycles. The van der Waals surface area contributed by atoms with Crippen molar-refractivity contribution < 1.29 is 9.52 Å². The van der Waals surface area contributed by atoms with Crippen molar-refractivity contribution in [1.82, 2.24) is 9.88 Å². The van der Waals surface area contributed by atoms with Crippen LogP contribution >= 0.6 is 0 Å². The molecule has 1 unspecified atom stereocenters. The lowest BCUT2D eigenvalue weighted by atomic mass is 9.95. The van der Waals surface area contributed by atoms with Gasteiger partial charge in [0.1, 0.15) is 5.52 Å². The molecule has 108 valence electrons. The maximum absolute atomic E-state index is 9.06. The van der Waals surface area contributed by atoms with Gasteiger partial charge in [-0.1, -0.05) is 6.07 Å². The van der Waals surface area contributed by atoms with Crippen LogP contribution in [0.3, 0.4) is 0 Å². The number of piperidine rings is 1. The summed E-state index contributed by atoms with van der Waals surface area (Å²) in [6.45, 7) is 3.07. The lowest BCUT2D eigenvalue weighted by Gasteiger charge is -2.31. The number of nitrogens with zero attached hydrogens (tertiary/aromatic N) is 2. The van der Waals surface area contributed by atoms with Crippen molar-refractivity contribution in [1.29, 1.82) is 0 Å². The van der Waals surface area contributed by atoms with E-state index in [1.807, 2.05) is 18.2 Å². The molecule has 5 heteroatoms. The van der Waals surface area contributed by atoms with Gasteiger partial charge in [0.05, 0.1) is 12.2 Å². The van der Waals surface area contributed by atoms with E-state index < -0.39 is 0 Å². The van der Waals surface area contributed by atoms with Crippen LogP contribution < -0.4 is 5.73 Å². The van der Waals surface area contributed by atoms with Gasteiger partial charge in [-0.3, -0.25) is 4.90 Å². The number of oxazole rings is 1. The number of aromatic nitrogens is 1. The number of hydrogen-bond donors (Lipinski definition) is 2. The smallest absolute Gasteiger partial charge is 0.209 e. The van der Waals surface area contributed by atoms with Crippen molar-refractivity contribution in [3.8, 4) is 0 Å². The Bertz CT molecular complexity index is 580. The number of rotatable bonds is 4. The topological polar surface area (TPSA) is 75.5 Å². The van der Waals surface area contributed by atoms with Crippen LogP contribution in [-0.2, 0) is 6.54 Å². The molecule has 3 N–H and O–H groups in total. The summed E-state index contributed by atoms with van der Waals surface area (Å²) in [5.41, 5.74) is 8.07. The molecule has 5 nitrogen and oxygen atoms in total. The van der Waals surface area contributed by atoms with Crippen LogP contribution in [0.1, 0.15) is 25.2 Å². The fourth-order valence-corrected chi connectivity index (χ4v) is 2.99. The predicted octanol–water partition coefficient (Wildman–Crippen LogP) is 2.00. The highest BCUT2D eigenvalue weighted by Crippen LogP contribution is 2.24. The third-order valence-corrected chi connectivity index (χ3v) is 3.99. The highest BCUT2D eigenvalue weighted by atomic mass is 16.3. The first-order chi connectivity index (χ1) is 9.76. The third-order valence-electron chi connectivity index (χ3n) is 3.99. The van der Waals surface area contributed by atoms with E-state index >= 15 is 0 Å². The number of aliphatic hydroxyl groups excluding tert-OH is 1. The number of anilines is 1. The van der Waals surface area contributed by atoms with Gasteiger partial charge in [0.25, 0.3) is 0 Å². The summed E-state index contributed by atoms with van der Waals surface area (Å²) in [4.78, 5) is 6.85. The first-order valence-corrected chi connectivity index (χ1v) is 7.23. The van der Waals surface area contributed by atoms with Gasteiger partial charge in [0, 0.05) is 13.2 Å². The van der Waals surface area contributed by atoms with E-state index in [9.17, 15) is 0 Å². The number of nitrogens with two attached hydrogens (primary N) is 1. The van der Waals surface area contributed by atoms with Crippen LogP contribution in [0.25, 0.3) is 11.1 Å². The first-order valence-electron chi connectivity index (χ1n) is 7.23. The van der Waals surface area contributed by atoms with Crippen molar-refractivity contribution in [2.24, 2.45) is 5.92 Å². The van der Waals surface area contributed by atoms with Gasteiger partial charge in [-0.25, -0.2) is 4.98 Å². The van der Waals surface area contributed by atoms with E-state index in [-0.39, 0.29) is 6.61 Å². The highest BCUT2D eigenvalue weighted by molar-refractivity contribution is 5.85. The Labute approximate surface area is 118 Å². The lowest BCUT2D eigenvalue weighted by Crippen LogP contribution is -2.35. The SMILES string of the molecule is Nc1cccc2oc(CN3CCCC(CCO)C3)nc12. The molecule has 2 aromatic rings. The Hall–Kier alpha value is -1.59. The summed E-state index contributed by atoms with van der Waals surface area (Å²) in [5.74, 6) is 1.31. The Morgan fingerprint density at radius 2 is 2.35 bits per heavy atom. The summed E-state index contributed by atoms with van der Waals surface area (Å²) < 4.78 is 5.76. The zero-order valence-electron chi connectivity index (χ0n) is 11.6. The minimum Gasteiger partial charge on any atom is -0.439 e. The van der Waals surface area contributed by atoms with Crippen molar-refractivity contribution in [2.75, 3.05) is 25.4 Å². The standard InChI is InChI=1S/C15H21N3O2/c16-12-4-1-5-13-15(12)17-14(20-13)10-18-7-2-3-11(9-18)6-8-19/h1,4-5,11,19H,2-3,6-10,16H2. The molecule has 1 aliphatic heterocycles. The van der Waals surface area contributed by atoms with Gasteiger partial charge >= 0.3 is 0 Å². The van der Waals surface area contributed by atoms with E-state index in [0.717, 1.165) is 43.0 Å². The van der Waals surface area contributed by atoms with Crippen molar-refractivity contribution >= 4 is 16.8 Å². The Balaban J connectivity index is 1.71. The van der Waals surface area contributed by atoms with Gasteiger partial charge < -0.3 is 15.3 Å². The van der Waals surface area contributed by atoms with Crippen LogP contribution in [0.15, 0.2) is 22.6 Å². The molecule has 1 aliphatic rings. The Kier molecular flexibility index (Phi) is 3.89. The van der Waals surface area contributed by atoms with E-state index in [1.165, 1.54) is 12.8 Å². The minimum absolute atomic E-state index is 0.276. The predicted molar refractivity (Wildman–Crippen MR) is 78.1 cm³/mol. The molecule has 0 radical (unpaired) electrons. The Morgan fingerprint density at radius 1 is 1.45 bits per heavy atom. The number of nitrogen functional groups attached to an aromatic ring is 1. The van der Waals surface area contributed by atoms with Crippen LogP contribution in [0.5, 0.6) is 0 Å². The number of likely N-dealkylation sites (tertiary alicyclic amines) is 1. The van der Waals surface area contributed by atoms with Gasteiger partial charge in [-0.15, -0.1) is 0 Å². The minimum atomic E-state index is 0.276. The lowest BCUT2D eigenvalue weighted by molar-refractivity contribution is 0.134. The van der Waals surface area contributed by atoms with Crippen LogP contribution in [0.2, 0.25) is 0 Å². The van der Waals surface area contributed by atoms with Gasteiger partial charge in [-0.05, 0) is 43.9 Å². The average molecular weight is 275 g/mol. The van der Waals surface area contributed by atoms with Crippen LogP contribution in [0.4, 0.5) is 5.69 Å². The summed E-state index contributed by atoms with van der Waals surface area (Å²) in [6.07, 6.45) is 3.27. The van der Waals surface area contributed by atoms with E-state index in [1.54, 1.807) is 0 Å². The molecule has 0 spiro atoms. The second-order valence-electron chi connectivity index (χ2n) is 5.56. The average Bonchev–Trinajstić information content (AvgIpc) is 2.83. The van der Waals surface area contributed by atoms with E-state index in [0.29, 0.717) is 11.6 Å². The summed E-state index contributed by atoms with van der Waals surface area (Å²) in [6, 6.07) is 5.62. The molecule has 1 aromatic carbocycles. The second kappa shape index (κ2) is 5.81. The highest BCUT2D eigenvalue weighted by Gasteiger charge is 2.21. The monoisotopic (exact) mass is 275 g/mol. The van der Waals surface area contributed by atoms with Crippen molar-refractivity contribution in [2.45, 2.75) is 25.8 Å². The zero-order valence-corrected chi connectivity index (χ0v) is 11.6. The number of aliphatic hydroxyl groups is 1. The normalized spacial score (nSPS) is 20.6. The molecule has 1 fully saturated rings. The summed E-state index contributed by atoms with van der Waals surface area (Å²) in [5, 5.41) is 9.06. The Morgan fingerprint density at radius 3 is 3.15 bits per heavy atom. The number of fused-ring (bicyclic) bond motifs is 1. The number of benzene rings is 1. The fourth-order valence-electron chi connectivity index (χ4n) is 2.99. The molecular weight excluding hydrogens is 254 g/mol. The molecule has 0 saturated carbocycles. The fraction of sp³-hybridized carbons (Fsp3) is 0.533. The van der Waals surface area contributed by atoms with Gasteiger partial charge in [0.2, 0.25) is 5.89 Å². The molecule has 20 heavy (non-hydrogen) atoms. The van der Waals surface area contributed by atoms with Gasteiger partial charge in [-0.2, -0.15) is 0 Å². The molecular formula is C15H21N3O2. The molecule has 1 atom stereocenters. The molecule has 0 aliphatic carbocycles. The van der Waals surface area contributed by atoms with Crippen LogP contribution in [0, 0.1) is 5.92 Å². The first kappa shape index (κ1) is 13.4. The van der Waals surface area contributed by atoms with Crippen molar-refractivity contribution in [3.05, 3.63) is 24.1 Å². The van der Waals surface area contributed by atoms with Crippen LogP contribution in [-0.4, -0.2) is 34.7 Å². The zero-order chi connectivity index (χ0) is 13.9. The van der Waals surface area contributed by atoms with E-state index in [4.69, 9.17) is 15.3 Å². The van der Waals surface area contributed by atoms with Crippen molar-refractivity contribution in [3.63, 3.8) is 0 Å². The molecule has 0 bridgehead atoms. The molecule has 2 heterocycles. The largest absolute Gasteiger partial charge is 0.439 e.